The standard InChI is InChI=1S/C16H18N.HI/c1-13-4-5-16(12-14(13)2)7-6-15-8-10-17(3)11-9-15;/h4-12H,1-3H3;1H/q+1;/p-1/b7-6+;. The fourth-order valence-electron chi connectivity index (χ4n) is 1.68. The van der Waals surface area contributed by atoms with E-state index in [-0.39, 0.29) is 24.0 Å². The number of nitrogens with zero attached hydrogens (tertiary/aromatic N) is 1. The number of hydrogen-bond acceptors (Lipinski definition) is 0. The van der Waals surface area contributed by atoms with E-state index in [2.05, 4.69) is 68.7 Å². The molecule has 2 rings (SSSR count). The summed E-state index contributed by atoms with van der Waals surface area (Å²) in [5, 5.41) is 0. The van der Waals surface area contributed by atoms with Gasteiger partial charge in [0.2, 0.25) is 0 Å². The van der Waals surface area contributed by atoms with Crippen LogP contribution in [-0.2, 0) is 7.05 Å². The summed E-state index contributed by atoms with van der Waals surface area (Å²) in [4.78, 5) is 0. The monoisotopic (exact) mass is 351 g/mol. The number of halogens is 1. The minimum absolute atomic E-state index is 0. The Balaban J connectivity index is 0.00000162. The molecule has 1 aromatic carbocycles. The van der Waals surface area contributed by atoms with Gasteiger partial charge < -0.3 is 24.0 Å². The number of aryl methyl sites for hydroxylation is 3. The Hall–Kier alpha value is -1.16. The van der Waals surface area contributed by atoms with Gasteiger partial charge in [-0.25, -0.2) is 4.57 Å². The lowest BCUT2D eigenvalue weighted by molar-refractivity contribution is -0.671. The first-order chi connectivity index (χ1) is 8.15. The smallest absolute Gasteiger partial charge is 0.169 e. The average molecular weight is 351 g/mol. The molecule has 0 radical (unpaired) electrons. The molecule has 0 amide bonds. The fraction of sp³-hybridized carbons (Fsp3) is 0.188. The Bertz CT molecular complexity index is 542. The molecule has 0 aliphatic carbocycles. The van der Waals surface area contributed by atoms with Gasteiger partial charge in [-0.15, -0.1) is 0 Å². The molecule has 2 heteroatoms. The zero-order valence-electron chi connectivity index (χ0n) is 11.0. The first-order valence-electron chi connectivity index (χ1n) is 5.86. The molecule has 1 nitrogen and oxygen atoms in total. The predicted molar refractivity (Wildman–Crippen MR) is 72.5 cm³/mol. The number of hydrogen-bond donors (Lipinski definition) is 0. The number of benzene rings is 1. The molecule has 1 aromatic heterocycles. The van der Waals surface area contributed by atoms with Gasteiger partial charge in [0.1, 0.15) is 7.05 Å². The van der Waals surface area contributed by atoms with Crippen LogP contribution in [0.25, 0.3) is 12.2 Å². The van der Waals surface area contributed by atoms with Crippen molar-refractivity contribution in [3.63, 3.8) is 0 Å². The van der Waals surface area contributed by atoms with Gasteiger partial charge in [-0.3, -0.25) is 0 Å². The number of rotatable bonds is 2. The molecule has 2 aromatic rings. The van der Waals surface area contributed by atoms with E-state index in [9.17, 15) is 0 Å². The van der Waals surface area contributed by atoms with Crippen LogP contribution >= 0.6 is 0 Å². The van der Waals surface area contributed by atoms with Crippen molar-refractivity contribution >= 4 is 12.2 Å². The highest BCUT2D eigenvalue weighted by Gasteiger charge is 1.94. The van der Waals surface area contributed by atoms with Crippen LogP contribution < -0.4 is 28.5 Å². The quantitative estimate of drug-likeness (QED) is 0.542. The lowest BCUT2D eigenvalue weighted by atomic mass is 10.1. The summed E-state index contributed by atoms with van der Waals surface area (Å²) in [6.07, 6.45) is 8.41. The molecule has 0 N–H and O–H groups in total. The van der Waals surface area contributed by atoms with E-state index >= 15 is 0 Å². The van der Waals surface area contributed by atoms with Crippen molar-refractivity contribution in [2.24, 2.45) is 7.05 Å². The van der Waals surface area contributed by atoms with Gasteiger partial charge in [0.15, 0.2) is 12.4 Å². The topological polar surface area (TPSA) is 3.88 Å². The van der Waals surface area contributed by atoms with Gasteiger partial charge in [0.25, 0.3) is 0 Å². The third kappa shape index (κ3) is 3.95. The largest absolute Gasteiger partial charge is 1.00 e. The van der Waals surface area contributed by atoms with Crippen molar-refractivity contribution in [3.05, 3.63) is 65.0 Å². The molecule has 0 saturated carbocycles. The van der Waals surface area contributed by atoms with Gasteiger partial charge >= 0.3 is 0 Å². The molecule has 18 heavy (non-hydrogen) atoms. The number of pyridine rings is 1. The SMILES string of the molecule is Cc1ccc(/C=C/c2cc[n+](C)cc2)cc1C.[I-]. The van der Waals surface area contributed by atoms with E-state index in [0.29, 0.717) is 0 Å². The lowest BCUT2D eigenvalue weighted by Crippen LogP contribution is -3.00. The Morgan fingerprint density at radius 2 is 1.44 bits per heavy atom. The zero-order chi connectivity index (χ0) is 12.3. The van der Waals surface area contributed by atoms with Gasteiger partial charge in [0.05, 0.1) is 0 Å². The minimum Gasteiger partial charge on any atom is -1.00 e. The summed E-state index contributed by atoms with van der Waals surface area (Å²) >= 11 is 0. The highest BCUT2D eigenvalue weighted by molar-refractivity contribution is 5.69. The molecule has 0 spiro atoms. The van der Waals surface area contributed by atoms with Crippen molar-refractivity contribution in [1.82, 2.24) is 0 Å². The maximum Gasteiger partial charge on any atom is 0.169 e. The zero-order valence-corrected chi connectivity index (χ0v) is 13.2. The maximum atomic E-state index is 2.22. The Labute approximate surface area is 126 Å². The Morgan fingerprint density at radius 3 is 2.06 bits per heavy atom. The summed E-state index contributed by atoms with van der Waals surface area (Å²) < 4.78 is 2.04. The molecule has 0 fully saturated rings. The van der Waals surface area contributed by atoms with Gasteiger partial charge in [-0.1, -0.05) is 30.4 Å². The van der Waals surface area contributed by atoms with Crippen molar-refractivity contribution in [1.29, 1.82) is 0 Å². The highest BCUT2D eigenvalue weighted by atomic mass is 127. The predicted octanol–water partition coefficient (Wildman–Crippen LogP) is 0.302. The highest BCUT2D eigenvalue weighted by Crippen LogP contribution is 2.12. The van der Waals surface area contributed by atoms with Gasteiger partial charge in [-0.2, -0.15) is 0 Å². The normalized spacial score (nSPS) is 10.4. The fourth-order valence-corrected chi connectivity index (χ4v) is 1.68. The maximum absolute atomic E-state index is 2.22. The molecule has 0 saturated heterocycles. The third-order valence-corrected chi connectivity index (χ3v) is 3.00. The molecule has 0 atom stereocenters. The van der Waals surface area contributed by atoms with Crippen LogP contribution in [-0.4, -0.2) is 0 Å². The van der Waals surface area contributed by atoms with E-state index in [4.69, 9.17) is 0 Å². The molecule has 0 aliphatic rings. The molecular weight excluding hydrogens is 333 g/mol. The summed E-state index contributed by atoms with van der Waals surface area (Å²) in [5.74, 6) is 0. The minimum atomic E-state index is 0. The van der Waals surface area contributed by atoms with E-state index in [1.54, 1.807) is 0 Å². The van der Waals surface area contributed by atoms with Crippen LogP contribution in [0, 0.1) is 13.8 Å². The number of aromatic nitrogens is 1. The molecule has 0 aliphatic heterocycles. The van der Waals surface area contributed by atoms with Crippen LogP contribution in [0.4, 0.5) is 0 Å². The first kappa shape index (κ1) is 14.9. The molecular formula is C16H18IN. The Morgan fingerprint density at radius 1 is 0.833 bits per heavy atom. The van der Waals surface area contributed by atoms with Crippen LogP contribution in [0.5, 0.6) is 0 Å². The third-order valence-electron chi connectivity index (χ3n) is 3.00. The summed E-state index contributed by atoms with van der Waals surface area (Å²) in [6.45, 7) is 4.29. The van der Waals surface area contributed by atoms with Crippen LogP contribution in [0.3, 0.4) is 0 Å². The summed E-state index contributed by atoms with van der Waals surface area (Å²) in [6, 6.07) is 10.8. The molecule has 0 unspecified atom stereocenters. The second-order valence-electron chi connectivity index (χ2n) is 4.47. The van der Waals surface area contributed by atoms with Gasteiger partial charge in [0, 0.05) is 12.1 Å². The average Bonchev–Trinajstić information content (AvgIpc) is 2.33. The molecule has 0 bridgehead atoms. The summed E-state index contributed by atoms with van der Waals surface area (Å²) in [5.41, 5.74) is 5.16. The molecule has 94 valence electrons. The van der Waals surface area contributed by atoms with Crippen LogP contribution in [0.15, 0.2) is 42.7 Å². The second-order valence-corrected chi connectivity index (χ2v) is 4.47. The lowest BCUT2D eigenvalue weighted by Gasteiger charge is -2.00. The van der Waals surface area contributed by atoms with Crippen molar-refractivity contribution in [2.75, 3.05) is 0 Å². The van der Waals surface area contributed by atoms with Crippen LogP contribution in [0.1, 0.15) is 22.3 Å². The van der Waals surface area contributed by atoms with E-state index in [0.717, 1.165) is 0 Å². The van der Waals surface area contributed by atoms with E-state index < -0.39 is 0 Å². The molecule has 1 heterocycles. The van der Waals surface area contributed by atoms with Crippen molar-refractivity contribution in [3.8, 4) is 0 Å². The van der Waals surface area contributed by atoms with E-state index in [1.165, 1.54) is 22.3 Å². The van der Waals surface area contributed by atoms with Crippen LogP contribution in [0.2, 0.25) is 0 Å². The van der Waals surface area contributed by atoms with Gasteiger partial charge in [-0.05, 0) is 36.1 Å². The van der Waals surface area contributed by atoms with Crippen molar-refractivity contribution in [2.45, 2.75) is 13.8 Å². The van der Waals surface area contributed by atoms with E-state index in [1.807, 2.05) is 11.6 Å². The van der Waals surface area contributed by atoms with Crippen molar-refractivity contribution < 1.29 is 28.5 Å². The first-order valence-corrected chi connectivity index (χ1v) is 5.86. The summed E-state index contributed by atoms with van der Waals surface area (Å²) in [7, 11) is 2.02. The Kier molecular flexibility index (Phi) is 5.54. The second kappa shape index (κ2) is 6.69.